The molecule has 164 valence electrons. The van der Waals surface area contributed by atoms with Crippen LogP contribution in [0.15, 0.2) is 97.1 Å². The van der Waals surface area contributed by atoms with Crippen LogP contribution in [0.5, 0.6) is 5.75 Å². The maximum atomic E-state index is 11.5. The lowest BCUT2D eigenvalue weighted by Gasteiger charge is -2.25. The largest absolute Gasteiger partial charge is 0.505 e. The minimum atomic E-state index is 0.0469. The van der Waals surface area contributed by atoms with E-state index >= 15 is 0 Å². The second kappa shape index (κ2) is 8.91. The van der Waals surface area contributed by atoms with E-state index in [0.29, 0.717) is 11.6 Å². The van der Waals surface area contributed by atoms with E-state index in [2.05, 4.69) is 78.6 Å². The van der Waals surface area contributed by atoms with Crippen LogP contribution in [-0.2, 0) is 6.42 Å². The van der Waals surface area contributed by atoms with Gasteiger partial charge in [-0.15, -0.1) is 15.0 Å². The summed E-state index contributed by atoms with van der Waals surface area (Å²) in [5.74, 6) is 0.572. The molecule has 0 radical (unpaired) electrons. The Balaban J connectivity index is 1.70. The molecule has 0 fully saturated rings. The van der Waals surface area contributed by atoms with E-state index in [1.165, 1.54) is 11.1 Å². The molecule has 33 heavy (non-hydrogen) atoms. The number of phenols is 1. The van der Waals surface area contributed by atoms with E-state index in [-0.39, 0.29) is 11.7 Å². The summed E-state index contributed by atoms with van der Waals surface area (Å²) in [5, 5.41) is 20.8. The van der Waals surface area contributed by atoms with E-state index in [1.807, 2.05) is 42.5 Å². The molecule has 0 bridgehead atoms. The Kier molecular flexibility index (Phi) is 5.66. The molecule has 4 aromatic carbocycles. The van der Waals surface area contributed by atoms with Crippen LogP contribution in [0, 0.1) is 5.92 Å². The molecule has 1 heterocycles. The topological polar surface area (TPSA) is 50.9 Å². The summed E-state index contributed by atoms with van der Waals surface area (Å²) in [4.78, 5) is 1.57. The average molecular weight is 434 g/mol. The molecule has 1 atom stereocenters. The molecule has 0 aliphatic carbocycles. The second-order valence-electron chi connectivity index (χ2n) is 8.83. The van der Waals surface area contributed by atoms with Crippen molar-refractivity contribution in [2.24, 2.45) is 5.92 Å². The lowest BCUT2D eigenvalue weighted by Crippen LogP contribution is -2.11. The van der Waals surface area contributed by atoms with E-state index in [0.717, 1.165) is 28.6 Å². The third-order valence-electron chi connectivity index (χ3n) is 6.09. The molecule has 1 unspecified atom stereocenters. The zero-order valence-corrected chi connectivity index (χ0v) is 18.9. The van der Waals surface area contributed by atoms with Gasteiger partial charge in [-0.05, 0) is 47.2 Å². The molecule has 0 aliphatic rings. The van der Waals surface area contributed by atoms with Crippen LogP contribution in [0.1, 0.15) is 42.0 Å². The van der Waals surface area contributed by atoms with Gasteiger partial charge in [-0.2, -0.15) is 0 Å². The molecular formula is C29H27N3O. The van der Waals surface area contributed by atoms with Gasteiger partial charge in [-0.25, -0.2) is 0 Å². The highest BCUT2D eigenvalue weighted by atomic mass is 16.3. The zero-order valence-electron chi connectivity index (χ0n) is 18.9. The van der Waals surface area contributed by atoms with Crippen molar-refractivity contribution in [3.8, 4) is 11.4 Å². The molecule has 0 spiro atoms. The van der Waals surface area contributed by atoms with E-state index in [1.54, 1.807) is 4.80 Å². The van der Waals surface area contributed by atoms with Gasteiger partial charge in [0.25, 0.3) is 0 Å². The maximum absolute atomic E-state index is 11.5. The first-order valence-corrected chi connectivity index (χ1v) is 11.4. The van der Waals surface area contributed by atoms with Gasteiger partial charge < -0.3 is 5.11 Å². The number of aromatic hydroxyl groups is 1. The van der Waals surface area contributed by atoms with Crippen LogP contribution in [0.4, 0.5) is 0 Å². The Morgan fingerprint density at radius 3 is 1.91 bits per heavy atom. The summed E-state index contributed by atoms with van der Waals surface area (Å²) in [6, 6.07) is 32.7. The Morgan fingerprint density at radius 2 is 1.30 bits per heavy atom. The van der Waals surface area contributed by atoms with Crippen molar-refractivity contribution in [1.29, 1.82) is 0 Å². The standard InChI is InChI=1S/C29H27N3O/c1-20(2)28(23-13-7-4-8-14-23)24-18-22(17-21-11-5-3-6-12-21)19-27(29(24)33)32-30-25-15-9-10-16-26(25)31-32/h3-16,18-20,28,33H,17H2,1-2H3. The molecule has 1 N–H and O–H groups in total. The number of nitrogens with zero attached hydrogens (tertiary/aromatic N) is 3. The Labute approximate surface area is 194 Å². The average Bonchev–Trinajstić information content (AvgIpc) is 3.26. The predicted octanol–water partition coefficient (Wildman–Crippen LogP) is 6.50. The molecule has 0 saturated heterocycles. The summed E-state index contributed by atoms with van der Waals surface area (Å²) in [6.45, 7) is 4.39. The van der Waals surface area contributed by atoms with Crippen molar-refractivity contribution in [3.63, 3.8) is 0 Å². The summed E-state index contributed by atoms with van der Waals surface area (Å²) >= 11 is 0. The molecule has 5 rings (SSSR count). The summed E-state index contributed by atoms with van der Waals surface area (Å²) in [5.41, 5.74) is 6.64. The van der Waals surface area contributed by atoms with Crippen molar-refractivity contribution < 1.29 is 5.11 Å². The van der Waals surface area contributed by atoms with Crippen LogP contribution >= 0.6 is 0 Å². The molecule has 4 nitrogen and oxygen atoms in total. The van der Waals surface area contributed by atoms with Crippen LogP contribution in [0.25, 0.3) is 16.7 Å². The maximum Gasteiger partial charge on any atom is 0.146 e. The van der Waals surface area contributed by atoms with Crippen LogP contribution in [0.3, 0.4) is 0 Å². The summed E-state index contributed by atoms with van der Waals surface area (Å²) in [7, 11) is 0. The summed E-state index contributed by atoms with van der Waals surface area (Å²) < 4.78 is 0. The zero-order chi connectivity index (χ0) is 22.8. The fourth-order valence-corrected chi connectivity index (χ4v) is 4.58. The monoisotopic (exact) mass is 433 g/mol. The molecule has 0 saturated carbocycles. The van der Waals surface area contributed by atoms with Gasteiger partial charge in [0.1, 0.15) is 22.5 Å². The molecule has 4 heteroatoms. The number of benzene rings is 4. The van der Waals surface area contributed by atoms with E-state index in [4.69, 9.17) is 0 Å². The molecule has 0 amide bonds. The first-order chi connectivity index (χ1) is 16.1. The normalized spacial score (nSPS) is 12.3. The third-order valence-corrected chi connectivity index (χ3v) is 6.09. The fraction of sp³-hybridized carbons (Fsp3) is 0.172. The lowest BCUT2D eigenvalue weighted by atomic mass is 9.81. The molecule has 5 aromatic rings. The fourth-order valence-electron chi connectivity index (χ4n) is 4.58. The smallest absolute Gasteiger partial charge is 0.146 e. The van der Waals surface area contributed by atoms with Crippen molar-refractivity contribution >= 4 is 11.0 Å². The van der Waals surface area contributed by atoms with E-state index < -0.39 is 0 Å². The van der Waals surface area contributed by atoms with E-state index in [9.17, 15) is 5.11 Å². The van der Waals surface area contributed by atoms with Gasteiger partial charge >= 0.3 is 0 Å². The van der Waals surface area contributed by atoms with Gasteiger partial charge in [0.15, 0.2) is 0 Å². The third kappa shape index (κ3) is 4.24. The second-order valence-corrected chi connectivity index (χ2v) is 8.83. The number of aromatic nitrogens is 3. The van der Waals surface area contributed by atoms with Crippen LogP contribution < -0.4 is 0 Å². The SMILES string of the molecule is CC(C)C(c1ccccc1)c1cc(Cc2ccccc2)cc(-n2nc3ccccc3n2)c1O. The highest BCUT2D eigenvalue weighted by molar-refractivity contribution is 5.74. The van der Waals surface area contributed by atoms with Gasteiger partial charge in [0, 0.05) is 11.5 Å². The molecule has 0 aliphatic heterocycles. The highest BCUT2D eigenvalue weighted by Crippen LogP contribution is 2.40. The predicted molar refractivity (Wildman–Crippen MR) is 133 cm³/mol. The Bertz CT molecular complexity index is 1340. The Hall–Kier alpha value is -3.92. The quantitative estimate of drug-likeness (QED) is 0.332. The van der Waals surface area contributed by atoms with Crippen molar-refractivity contribution in [3.05, 3.63) is 119 Å². The van der Waals surface area contributed by atoms with Crippen LogP contribution in [0.2, 0.25) is 0 Å². The van der Waals surface area contributed by atoms with Crippen molar-refractivity contribution in [2.45, 2.75) is 26.2 Å². The first kappa shape index (κ1) is 21.0. The van der Waals surface area contributed by atoms with Gasteiger partial charge in [-0.3, -0.25) is 0 Å². The molecule has 1 aromatic heterocycles. The Morgan fingerprint density at radius 1 is 0.727 bits per heavy atom. The summed E-state index contributed by atoms with van der Waals surface area (Å²) in [6.07, 6.45) is 0.765. The first-order valence-electron chi connectivity index (χ1n) is 11.4. The minimum absolute atomic E-state index is 0.0469. The van der Waals surface area contributed by atoms with Gasteiger partial charge in [-0.1, -0.05) is 92.7 Å². The van der Waals surface area contributed by atoms with Crippen molar-refractivity contribution in [2.75, 3.05) is 0 Å². The van der Waals surface area contributed by atoms with Gasteiger partial charge in [0.2, 0.25) is 0 Å². The van der Waals surface area contributed by atoms with Crippen molar-refractivity contribution in [1.82, 2.24) is 15.0 Å². The van der Waals surface area contributed by atoms with Gasteiger partial charge in [0.05, 0.1) is 0 Å². The lowest BCUT2D eigenvalue weighted by molar-refractivity contribution is 0.445. The number of phenolic OH excluding ortho intramolecular Hbond substituents is 1. The number of rotatable bonds is 6. The minimum Gasteiger partial charge on any atom is -0.505 e. The highest BCUT2D eigenvalue weighted by Gasteiger charge is 2.25. The number of hydrogen-bond acceptors (Lipinski definition) is 3. The molecular weight excluding hydrogens is 406 g/mol. The van der Waals surface area contributed by atoms with Crippen LogP contribution in [-0.4, -0.2) is 20.1 Å². The number of hydrogen-bond donors (Lipinski definition) is 1. The number of fused-ring (bicyclic) bond motifs is 1.